The van der Waals surface area contributed by atoms with Crippen LogP contribution in [0.15, 0.2) is 33.8 Å². The number of nitrogens with zero attached hydrogens (tertiary/aromatic N) is 2. The van der Waals surface area contributed by atoms with Crippen LogP contribution in [-0.4, -0.2) is 16.7 Å². The Bertz CT molecular complexity index is 665. The van der Waals surface area contributed by atoms with E-state index in [1.807, 2.05) is 13.8 Å². The molecule has 0 saturated heterocycles. The van der Waals surface area contributed by atoms with E-state index in [2.05, 4.69) is 20.9 Å². The Kier molecular flexibility index (Phi) is 4.04. The van der Waals surface area contributed by atoms with Crippen molar-refractivity contribution in [2.24, 2.45) is 0 Å². The van der Waals surface area contributed by atoms with Gasteiger partial charge in [-0.25, -0.2) is 0 Å². The van der Waals surface area contributed by atoms with Crippen LogP contribution in [-0.2, 0) is 6.54 Å². The number of rotatable bonds is 3. The van der Waals surface area contributed by atoms with Gasteiger partial charge in [0.1, 0.15) is 5.75 Å². The molecule has 0 aliphatic carbocycles. The van der Waals surface area contributed by atoms with Crippen molar-refractivity contribution in [2.75, 3.05) is 7.11 Å². The van der Waals surface area contributed by atoms with Crippen LogP contribution in [0.5, 0.6) is 5.75 Å². The topological polar surface area (TPSA) is 44.1 Å². The van der Waals surface area contributed by atoms with E-state index in [9.17, 15) is 4.79 Å². The molecule has 100 valence electrons. The summed E-state index contributed by atoms with van der Waals surface area (Å²) in [6.45, 7) is 4.34. The van der Waals surface area contributed by atoms with E-state index in [0.717, 1.165) is 27.0 Å². The summed E-state index contributed by atoms with van der Waals surface area (Å²) in [6, 6.07) is 3.26. The highest BCUT2D eigenvalue weighted by atomic mass is 79.9. The number of aryl methyl sites for hydroxylation is 1. The normalized spacial score (nSPS) is 10.5. The third kappa shape index (κ3) is 2.87. The standard InChI is InChI=1S/C14H15BrN2O2/c1-9-6-16-12(10(2)14(9)19-3)8-17-7-11(15)4-5-13(17)18/h4-7H,8H2,1-3H3. The molecule has 0 fully saturated rings. The second-order valence-corrected chi connectivity index (χ2v) is 5.28. The predicted octanol–water partition coefficient (Wildman–Crippen LogP) is 2.68. The number of pyridine rings is 2. The Labute approximate surface area is 120 Å². The third-order valence-electron chi connectivity index (χ3n) is 3.02. The fourth-order valence-corrected chi connectivity index (χ4v) is 2.40. The van der Waals surface area contributed by atoms with Gasteiger partial charge in [0.15, 0.2) is 0 Å². The summed E-state index contributed by atoms with van der Waals surface area (Å²) < 4.78 is 7.86. The van der Waals surface area contributed by atoms with Gasteiger partial charge in [-0.05, 0) is 35.8 Å². The predicted molar refractivity (Wildman–Crippen MR) is 77.8 cm³/mol. The molecule has 2 rings (SSSR count). The summed E-state index contributed by atoms with van der Waals surface area (Å²) in [7, 11) is 1.64. The second kappa shape index (κ2) is 5.57. The molecule has 2 aromatic rings. The number of aromatic nitrogens is 2. The molecule has 0 aliphatic rings. The monoisotopic (exact) mass is 322 g/mol. The quantitative estimate of drug-likeness (QED) is 0.872. The molecule has 0 unspecified atom stereocenters. The number of hydrogen-bond acceptors (Lipinski definition) is 3. The van der Waals surface area contributed by atoms with Gasteiger partial charge in [-0.2, -0.15) is 0 Å². The maximum absolute atomic E-state index is 11.8. The van der Waals surface area contributed by atoms with Crippen molar-refractivity contribution < 1.29 is 4.74 Å². The Morgan fingerprint density at radius 2 is 2.11 bits per heavy atom. The van der Waals surface area contributed by atoms with Gasteiger partial charge in [-0.3, -0.25) is 9.78 Å². The van der Waals surface area contributed by atoms with E-state index in [1.54, 1.807) is 30.1 Å². The maximum atomic E-state index is 11.8. The molecule has 0 atom stereocenters. The Balaban J connectivity index is 2.44. The van der Waals surface area contributed by atoms with Crippen LogP contribution < -0.4 is 10.3 Å². The summed E-state index contributed by atoms with van der Waals surface area (Å²) in [4.78, 5) is 16.2. The summed E-state index contributed by atoms with van der Waals surface area (Å²) in [5, 5.41) is 0. The largest absolute Gasteiger partial charge is 0.496 e. The molecule has 19 heavy (non-hydrogen) atoms. The molecule has 0 bridgehead atoms. The molecular formula is C14H15BrN2O2. The van der Waals surface area contributed by atoms with E-state index >= 15 is 0 Å². The van der Waals surface area contributed by atoms with Gasteiger partial charge in [0.2, 0.25) is 0 Å². The van der Waals surface area contributed by atoms with Crippen LogP contribution in [0.4, 0.5) is 0 Å². The zero-order valence-corrected chi connectivity index (χ0v) is 12.7. The van der Waals surface area contributed by atoms with Gasteiger partial charge < -0.3 is 9.30 Å². The molecule has 0 aliphatic heterocycles. The average Bonchev–Trinajstić information content (AvgIpc) is 2.38. The minimum absolute atomic E-state index is 0.0519. The molecule has 2 heterocycles. The smallest absolute Gasteiger partial charge is 0.250 e. The lowest BCUT2D eigenvalue weighted by Crippen LogP contribution is -2.20. The van der Waals surface area contributed by atoms with E-state index < -0.39 is 0 Å². The fraction of sp³-hybridized carbons (Fsp3) is 0.286. The van der Waals surface area contributed by atoms with Crippen LogP contribution in [0.1, 0.15) is 16.8 Å². The third-order valence-corrected chi connectivity index (χ3v) is 3.49. The summed E-state index contributed by atoms with van der Waals surface area (Å²) in [6.07, 6.45) is 3.53. The van der Waals surface area contributed by atoms with E-state index in [-0.39, 0.29) is 5.56 Å². The lowest BCUT2D eigenvalue weighted by molar-refractivity contribution is 0.406. The summed E-state index contributed by atoms with van der Waals surface area (Å²) >= 11 is 3.36. The zero-order valence-electron chi connectivity index (χ0n) is 11.1. The van der Waals surface area contributed by atoms with Crippen molar-refractivity contribution in [3.8, 4) is 5.75 Å². The van der Waals surface area contributed by atoms with Crippen molar-refractivity contribution in [1.29, 1.82) is 0 Å². The van der Waals surface area contributed by atoms with Gasteiger partial charge >= 0.3 is 0 Å². The minimum atomic E-state index is -0.0519. The summed E-state index contributed by atoms with van der Waals surface area (Å²) in [5.41, 5.74) is 2.74. The molecular weight excluding hydrogens is 308 g/mol. The highest BCUT2D eigenvalue weighted by molar-refractivity contribution is 9.10. The van der Waals surface area contributed by atoms with E-state index in [1.165, 1.54) is 6.07 Å². The SMILES string of the molecule is COc1c(C)cnc(Cn2cc(Br)ccc2=O)c1C. The maximum Gasteiger partial charge on any atom is 0.250 e. The molecule has 0 saturated carbocycles. The van der Waals surface area contributed by atoms with Gasteiger partial charge in [-0.15, -0.1) is 0 Å². The molecule has 0 radical (unpaired) electrons. The second-order valence-electron chi connectivity index (χ2n) is 4.36. The van der Waals surface area contributed by atoms with Crippen molar-refractivity contribution in [3.05, 3.63) is 56.2 Å². The Hall–Kier alpha value is -1.62. The van der Waals surface area contributed by atoms with Crippen molar-refractivity contribution in [2.45, 2.75) is 20.4 Å². The van der Waals surface area contributed by atoms with Crippen LogP contribution >= 0.6 is 15.9 Å². The molecule has 0 amide bonds. The molecule has 0 spiro atoms. The van der Waals surface area contributed by atoms with Gasteiger partial charge in [0.25, 0.3) is 5.56 Å². The first-order valence-corrected chi connectivity index (χ1v) is 6.67. The van der Waals surface area contributed by atoms with Gasteiger partial charge in [0, 0.05) is 34.1 Å². The highest BCUT2D eigenvalue weighted by Gasteiger charge is 2.10. The van der Waals surface area contributed by atoms with Crippen molar-refractivity contribution in [3.63, 3.8) is 0 Å². The van der Waals surface area contributed by atoms with Crippen molar-refractivity contribution >= 4 is 15.9 Å². The zero-order chi connectivity index (χ0) is 14.0. The van der Waals surface area contributed by atoms with Crippen LogP contribution in [0.2, 0.25) is 0 Å². The molecule has 5 heteroatoms. The van der Waals surface area contributed by atoms with E-state index in [4.69, 9.17) is 4.74 Å². The first-order chi connectivity index (χ1) is 9.02. The number of halogens is 1. The van der Waals surface area contributed by atoms with Crippen molar-refractivity contribution in [1.82, 2.24) is 9.55 Å². The highest BCUT2D eigenvalue weighted by Crippen LogP contribution is 2.24. The van der Waals surface area contributed by atoms with Crippen LogP contribution in [0.25, 0.3) is 0 Å². The number of methoxy groups -OCH3 is 1. The lowest BCUT2D eigenvalue weighted by atomic mass is 10.1. The fourth-order valence-electron chi connectivity index (χ4n) is 2.02. The van der Waals surface area contributed by atoms with Crippen LogP contribution in [0.3, 0.4) is 0 Å². The van der Waals surface area contributed by atoms with Gasteiger partial charge in [-0.1, -0.05) is 0 Å². The Morgan fingerprint density at radius 1 is 1.37 bits per heavy atom. The lowest BCUT2D eigenvalue weighted by Gasteiger charge is -2.13. The first-order valence-electron chi connectivity index (χ1n) is 5.88. The Morgan fingerprint density at radius 3 is 2.79 bits per heavy atom. The molecule has 0 N–H and O–H groups in total. The molecule has 2 aromatic heterocycles. The number of ether oxygens (including phenoxy) is 1. The number of hydrogen-bond donors (Lipinski definition) is 0. The van der Waals surface area contributed by atoms with E-state index in [0.29, 0.717) is 6.54 Å². The summed E-state index contributed by atoms with van der Waals surface area (Å²) in [5.74, 6) is 0.827. The first kappa shape index (κ1) is 13.8. The van der Waals surface area contributed by atoms with Gasteiger partial charge in [0.05, 0.1) is 19.3 Å². The molecule has 4 nitrogen and oxygen atoms in total. The minimum Gasteiger partial charge on any atom is -0.496 e. The molecule has 0 aromatic carbocycles. The average molecular weight is 323 g/mol. The van der Waals surface area contributed by atoms with Crippen LogP contribution in [0, 0.1) is 13.8 Å².